The monoisotopic (exact) mass is 329 g/mol. The zero-order chi connectivity index (χ0) is 17.3. The third-order valence-corrected chi connectivity index (χ3v) is 4.74. The Morgan fingerprint density at radius 2 is 1.67 bits per heavy atom. The van der Waals surface area contributed by atoms with Crippen molar-refractivity contribution in [2.24, 2.45) is 5.92 Å². The van der Waals surface area contributed by atoms with E-state index in [1.54, 1.807) is 24.3 Å². The van der Waals surface area contributed by atoms with Gasteiger partial charge in [-0.05, 0) is 76.6 Å². The molecule has 0 unspecified atom stereocenters. The minimum Gasteiger partial charge on any atom is -0.350 e. The van der Waals surface area contributed by atoms with Crippen molar-refractivity contribution in [2.75, 3.05) is 5.32 Å². The highest BCUT2D eigenvalue weighted by atomic mass is 16.2. The largest absolute Gasteiger partial charge is 0.350 e. The summed E-state index contributed by atoms with van der Waals surface area (Å²) in [6.45, 7) is 6.02. The molecule has 0 heterocycles. The standard InChI is InChI=1S/C19H27N3O2/c1-12(2)20-18(23)15-6-8-16(9-7-15)21-19(24)22(17-10-11-17)13(3)14-4-5-14/h6-9,12-14,17H,4-5,10-11H2,1-3H3,(H,20,23)(H,21,24)/t13-/m1/s1. The fraction of sp³-hybridized carbons (Fsp3) is 0.579. The van der Waals surface area contributed by atoms with Crippen molar-refractivity contribution < 1.29 is 9.59 Å². The molecule has 0 bridgehead atoms. The number of hydrogen-bond acceptors (Lipinski definition) is 2. The molecule has 0 saturated heterocycles. The van der Waals surface area contributed by atoms with Crippen LogP contribution in [0.5, 0.6) is 0 Å². The van der Waals surface area contributed by atoms with Gasteiger partial charge in [-0.1, -0.05) is 0 Å². The number of anilines is 1. The lowest BCUT2D eigenvalue weighted by atomic mass is 10.1. The fourth-order valence-electron chi connectivity index (χ4n) is 3.08. The van der Waals surface area contributed by atoms with Gasteiger partial charge in [0.2, 0.25) is 0 Å². The summed E-state index contributed by atoms with van der Waals surface area (Å²) >= 11 is 0. The highest BCUT2D eigenvalue weighted by molar-refractivity contribution is 5.95. The van der Waals surface area contributed by atoms with Crippen LogP contribution in [0.2, 0.25) is 0 Å². The third kappa shape index (κ3) is 4.08. The summed E-state index contributed by atoms with van der Waals surface area (Å²) in [4.78, 5) is 26.7. The smallest absolute Gasteiger partial charge is 0.322 e. The molecule has 2 aliphatic rings. The number of carbonyl (C=O) groups excluding carboxylic acids is 2. The van der Waals surface area contributed by atoms with Gasteiger partial charge in [0.25, 0.3) is 5.91 Å². The molecular formula is C19H27N3O2. The molecule has 3 amide bonds. The van der Waals surface area contributed by atoms with Crippen LogP contribution in [0.25, 0.3) is 0 Å². The molecule has 1 aromatic rings. The van der Waals surface area contributed by atoms with Crippen LogP contribution in [0.4, 0.5) is 10.5 Å². The lowest BCUT2D eigenvalue weighted by Gasteiger charge is -2.29. The van der Waals surface area contributed by atoms with Gasteiger partial charge in [0.1, 0.15) is 0 Å². The molecule has 3 rings (SSSR count). The first-order valence-electron chi connectivity index (χ1n) is 8.96. The van der Waals surface area contributed by atoms with Crippen molar-refractivity contribution in [3.05, 3.63) is 29.8 Å². The Morgan fingerprint density at radius 3 is 2.17 bits per heavy atom. The van der Waals surface area contributed by atoms with E-state index in [0.717, 1.165) is 18.5 Å². The zero-order valence-electron chi connectivity index (χ0n) is 14.7. The van der Waals surface area contributed by atoms with Crippen LogP contribution in [0.15, 0.2) is 24.3 Å². The highest BCUT2D eigenvalue weighted by Gasteiger charge is 2.41. The summed E-state index contributed by atoms with van der Waals surface area (Å²) in [5.41, 5.74) is 1.34. The molecule has 1 atom stereocenters. The first-order valence-corrected chi connectivity index (χ1v) is 8.96. The molecule has 0 aliphatic heterocycles. The van der Waals surface area contributed by atoms with Crippen molar-refractivity contribution in [2.45, 2.75) is 64.6 Å². The minimum absolute atomic E-state index is 0.0173. The number of hydrogen-bond donors (Lipinski definition) is 2. The molecule has 130 valence electrons. The SMILES string of the molecule is CC(C)NC(=O)c1ccc(NC(=O)N(C2CC2)[C@H](C)C2CC2)cc1. The van der Waals surface area contributed by atoms with Gasteiger partial charge < -0.3 is 15.5 Å². The van der Waals surface area contributed by atoms with Crippen LogP contribution in [-0.2, 0) is 0 Å². The topological polar surface area (TPSA) is 61.4 Å². The highest BCUT2D eigenvalue weighted by Crippen LogP contribution is 2.39. The van der Waals surface area contributed by atoms with Crippen LogP contribution in [0, 0.1) is 5.92 Å². The third-order valence-electron chi connectivity index (χ3n) is 4.74. The lowest BCUT2D eigenvalue weighted by molar-refractivity contribution is 0.0943. The van der Waals surface area contributed by atoms with E-state index in [4.69, 9.17) is 0 Å². The quantitative estimate of drug-likeness (QED) is 0.837. The van der Waals surface area contributed by atoms with Gasteiger partial charge in [-0.25, -0.2) is 4.79 Å². The van der Waals surface area contributed by atoms with E-state index >= 15 is 0 Å². The van der Waals surface area contributed by atoms with Crippen LogP contribution in [0.3, 0.4) is 0 Å². The Labute approximate surface area is 143 Å². The number of rotatable bonds is 6. The number of carbonyl (C=O) groups is 2. The van der Waals surface area contributed by atoms with E-state index in [1.807, 2.05) is 18.7 Å². The minimum atomic E-state index is -0.0927. The van der Waals surface area contributed by atoms with Crippen LogP contribution < -0.4 is 10.6 Å². The average Bonchev–Trinajstić information content (AvgIpc) is 3.39. The molecular weight excluding hydrogens is 302 g/mol. The molecule has 0 spiro atoms. The molecule has 2 fully saturated rings. The first-order chi connectivity index (χ1) is 11.5. The van der Waals surface area contributed by atoms with E-state index < -0.39 is 0 Å². The first kappa shape index (κ1) is 16.8. The van der Waals surface area contributed by atoms with Gasteiger partial charge in [-0.2, -0.15) is 0 Å². The fourth-order valence-corrected chi connectivity index (χ4v) is 3.08. The number of benzene rings is 1. The van der Waals surface area contributed by atoms with Gasteiger partial charge in [0.15, 0.2) is 0 Å². The molecule has 2 N–H and O–H groups in total. The number of amides is 3. The van der Waals surface area contributed by atoms with Crippen molar-refractivity contribution in [3.63, 3.8) is 0 Å². The predicted molar refractivity (Wildman–Crippen MR) is 95.1 cm³/mol. The Balaban J connectivity index is 1.62. The van der Waals surface area contributed by atoms with Crippen molar-refractivity contribution in [3.8, 4) is 0 Å². The Morgan fingerprint density at radius 1 is 1.04 bits per heavy atom. The molecule has 5 heteroatoms. The Bertz CT molecular complexity index is 604. The summed E-state index contributed by atoms with van der Waals surface area (Å²) in [6, 6.07) is 7.88. The van der Waals surface area contributed by atoms with Gasteiger partial charge in [-0.15, -0.1) is 0 Å². The summed E-state index contributed by atoms with van der Waals surface area (Å²) in [5.74, 6) is 0.572. The van der Waals surface area contributed by atoms with Gasteiger partial charge >= 0.3 is 6.03 Å². The second-order valence-electron chi connectivity index (χ2n) is 7.35. The number of nitrogens with one attached hydrogen (secondary N) is 2. The zero-order valence-corrected chi connectivity index (χ0v) is 14.7. The average molecular weight is 329 g/mol. The molecule has 1 aromatic carbocycles. The van der Waals surface area contributed by atoms with Crippen LogP contribution in [0.1, 0.15) is 56.8 Å². The van der Waals surface area contributed by atoms with Crippen molar-refractivity contribution >= 4 is 17.6 Å². The van der Waals surface area contributed by atoms with Crippen LogP contribution >= 0.6 is 0 Å². The van der Waals surface area contributed by atoms with Crippen molar-refractivity contribution in [1.82, 2.24) is 10.2 Å². The van der Waals surface area contributed by atoms with Crippen molar-refractivity contribution in [1.29, 1.82) is 0 Å². The summed E-state index contributed by atoms with van der Waals surface area (Å²) in [5, 5.41) is 5.85. The summed E-state index contributed by atoms with van der Waals surface area (Å²) in [6.07, 6.45) is 4.69. The Hall–Kier alpha value is -2.04. The van der Waals surface area contributed by atoms with E-state index in [-0.39, 0.29) is 18.0 Å². The number of urea groups is 1. The Kier molecular flexibility index (Phi) is 4.78. The maximum atomic E-state index is 12.7. The molecule has 0 radical (unpaired) electrons. The molecule has 2 aliphatic carbocycles. The maximum Gasteiger partial charge on any atom is 0.322 e. The maximum absolute atomic E-state index is 12.7. The molecule has 2 saturated carbocycles. The van der Waals surface area contributed by atoms with E-state index in [1.165, 1.54) is 12.8 Å². The van der Waals surface area contributed by atoms with E-state index in [2.05, 4.69) is 17.6 Å². The summed E-state index contributed by atoms with van der Waals surface area (Å²) < 4.78 is 0. The van der Waals surface area contributed by atoms with Gasteiger partial charge in [-0.3, -0.25) is 4.79 Å². The van der Waals surface area contributed by atoms with E-state index in [0.29, 0.717) is 23.6 Å². The normalized spacial score (nSPS) is 18.2. The molecule has 24 heavy (non-hydrogen) atoms. The predicted octanol–water partition coefficient (Wildman–Crippen LogP) is 3.62. The number of nitrogens with zero attached hydrogens (tertiary/aromatic N) is 1. The second kappa shape index (κ2) is 6.83. The lowest BCUT2D eigenvalue weighted by Crippen LogP contribution is -2.44. The van der Waals surface area contributed by atoms with Gasteiger partial charge in [0, 0.05) is 29.4 Å². The van der Waals surface area contributed by atoms with Gasteiger partial charge in [0.05, 0.1) is 0 Å². The molecule has 5 nitrogen and oxygen atoms in total. The second-order valence-corrected chi connectivity index (χ2v) is 7.35. The summed E-state index contributed by atoms with van der Waals surface area (Å²) in [7, 11) is 0. The van der Waals surface area contributed by atoms with Crippen LogP contribution in [-0.4, -0.2) is 35.0 Å². The molecule has 0 aromatic heterocycles. The van der Waals surface area contributed by atoms with E-state index in [9.17, 15) is 9.59 Å².